The van der Waals surface area contributed by atoms with Crippen LogP contribution in [0, 0.1) is 5.82 Å². The smallest absolute Gasteiger partial charge is 0.261 e. The third kappa shape index (κ3) is 4.64. The predicted octanol–water partition coefficient (Wildman–Crippen LogP) is 4.53. The molecule has 0 aliphatic heterocycles. The molecular formula is C19H14ClFN2O3S. The number of carbonyl (C=O) groups is 1. The molecule has 3 aromatic carbocycles. The second kappa shape index (κ2) is 7.77. The molecule has 0 heterocycles. The Bertz CT molecular complexity index is 1090. The van der Waals surface area contributed by atoms with E-state index in [0.717, 1.165) is 0 Å². The molecule has 0 aliphatic carbocycles. The number of anilines is 2. The van der Waals surface area contributed by atoms with E-state index in [9.17, 15) is 17.6 Å². The Kier molecular flexibility index (Phi) is 5.43. The van der Waals surface area contributed by atoms with Crippen LogP contribution in [0.25, 0.3) is 0 Å². The molecule has 0 bridgehead atoms. The van der Waals surface area contributed by atoms with Gasteiger partial charge in [-0.3, -0.25) is 9.52 Å². The van der Waals surface area contributed by atoms with Crippen LogP contribution in [-0.2, 0) is 10.0 Å². The van der Waals surface area contributed by atoms with Gasteiger partial charge in [-0.15, -0.1) is 0 Å². The average Bonchev–Trinajstić information content (AvgIpc) is 2.64. The zero-order valence-electron chi connectivity index (χ0n) is 13.8. The van der Waals surface area contributed by atoms with Gasteiger partial charge in [-0.05, 0) is 48.5 Å². The van der Waals surface area contributed by atoms with Crippen molar-refractivity contribution in [1.29, 1.82) is 0 Å². The van der Waals surface area contributed by atoms with E-state index in [-0.39, 0.29) is 21.2 Å². The zero-order chi connectivity index (χ0) is 19.4. The maximum atomic E-state index is 13.2. The van der Waals surface area contributed by atoms with Crippen LogP contribution in [0.2, 0.25) is 5.02 Å². The van der Waals surface area contributed by atoms with Gasteiger partial charge >= 0.3 is 0 Å². The largest absolute Gasteiger partial charge is 0.322 e. The minimum atomic E-state index is -3.80. The number of amides is 1. The molecule has 2 N–H and O–H groups in total. The van der Waals surface area contributed by atoms with Crippen molar-refractivity contribution >= 4 is 38.9 Å². The summed E-state index contributed by atoms with van der Waals surface area (Å²) in [6.07, 6.45) is 0. The molecule has 5 nitrogen and oxygen atoms in total. The van der Waals surface area contributed by atoms with Crippen molar-refractivity contribution in [3.05, 3.63) is 89.2 Å². The fraction of sp³-hybridized carbons (Fsp3) is 0. The molecule has 0 saturated heterocycles. The van der Waals surface area contributed by atoms with Crippen LogP contribution in [0.15, 0.2) is 77.7 Å². The van der Waals surface area contributed by atoms with Gasteiger partial charge in [-0.25, -0.2) is 12.8 Å². The van der Waals surface area contributed by atoms with E-state index in [4.69, 9.17) is 11.6 Å². The van der Waals surface area contributed by atoms with Gasteiger partial charge < -0.3 is 5.32 Å². The zero-order valence-corrected chi connectivity index (χ0v) is 15.4. The fourth-order valence-electron chi connectivity index (χ4n) is 2.31. The van der Waals surface area contributed by atoms with Crippen molar-refractivity contribution in [2.24, 2.45) is 0 Å². The Hall–Kier alpha value is -2.90. The SMILES string of the molecule is O=C(Nc1cccc(F)c1)c1ccc(NS(=O)(=O)c2ccccc2)c(Cl)c1. The number of carbonyl (C=O) groups excluding carboxylic acids is 1. The van der Waals surface area contributed by atoms with E-state index in [1.807, 2.05) is 0 Å². The molecule has 8 heteroatoms. The Balaban J connectivity index is 1.78. The van der Waals surface area contributed by atoms with Crippen LogP contribution in [0.1, 0.15) is 10.4 Å². The van der Waals surface area contributed by atoms with Gasteiger partial charge in [0.15, 0.2) is 0 Å². The highest BCUT2D eigenvalue weighted by atomic mass is 35.5. The highest BCUT2D eigenvalue weighted by molar-refractivity contribution is 7.92. The molecule has 0 aliphatic rings. The topological polar surface area (TPSA) is 75.3 Å². The summed E-state index contributed by atoms with van der Waals surface area (Å²) >= 11 is 6.13. The van der Waals surface area contributed by atoms with Crippen molar-refractivity contribution in [3.63, 3.8) is 0 Å². The minimum absolute atomic E-state index is 0.0569. The second-order valence-electron chi connectivity index (χ2n) is 5.58. The van der Waals surface area contributed by atoms with Crippen LogP contribution in [0.5, 0.6) is 0 Å². The summed E-state index contributed by atoms with van der Waals surface area (Å²) in [7, 11) is -3.80. The summed E-state index contributed by atoms with van der Waals surface area (Å²) in [6.45, 7) is 0. The first-order valence-corrected chi connectivity index (χ1v) is 9.65. The van der Waals surface area contributed by atoms with Gasteiger partial charge in [0, 0.05) is 11.3 Å². The number of hydrogen-bond acceptors (Lipinski definition) is 3. The molecule has 0 radical (unpaired) electrons. The predicted molar refractivity (Wildman–Crippen MR) is 103 cm³/mol. The first-order chi connectivity index (χ1) is 12.8. The average molecular weight is 405 g/mol. The maximum Gasteiger partial charge on any atom is 0.261 e. The van der Waals surface area contributed by atoms with Crippen LogP contribution < -0.4 is 10.0 Å². The van der Waals surface area contributed by atoms with Crippen molar-refractivity contribution < 1.29 is 17.6 Å². The molecule has 138 valence electrons. The van der Waals surface area contributed by atoms with Crippen molar-refractivity contribution in [1.82, 2.24) is 0 Å². The van der Waals surface area contributed by atoms with Crippen LogP contribution in [0.3, 0.4) is 0 Å². The summed E-state index contributed by atoms with van der Waals surface area (Å²) in [5.74, 6) is -0.975. The van der Waals surface area contributed by atoms with Gasteiger partial charge in [0.2, 0.25) is 0 Å². The van der Waals surface area contributed by atoms with Crippen LogP contribution in [-0.4, -0.2) is 14.3 Å². The highest BCUT2D eigenvalue weighted by Gasteiger charge is 2.16. The summed E-state index contributed by atoms with van der Waals surface area (Å²) in [4.78, 5) is 12.4. The van der Waals surface area contributed by atoms with E-state index in [0.29, 0.717) is 5.69 Å². The monoisotopic (exact) mass is 404 g/mol. The molecule has 0 unspecified atom stereocenters. The maximum absolute atomic E-state index is 13.2. The van der Waals surface area contributed by atoms with Crippen molar-refractivity contribution in [2.45, 2.75) is 4.90 Å². The Morgan fingerprint density at radius 3 is 2.33 bits per heavy atom. The Labute approximate surface area is 160 Å². The summed E-state index contributed by atoms with van der Waals surface area (Å²) in [5.41, 5.74) is 0.639. The summed E-state index contributed by atoms with van der Waals surface area (Å²) in [5, 5.41) is 2.60. The number of nitrogens with one attached hydrogen (secondary N) is 2. The lowest BCUT2D eigenvalue weighted by atomic mass is 10.2. The van der Waals surface area contributed by atoms with Gasteiger partial charge in [0.05, 0.1) is 15.6 Å². The molecular weight excluding hydrogens is 391 g/mol. The van der Waals surface area contributed by atoms with Gasteiger partial charge in [0.25, 0.3) is 15.9 Å². The fourth-order valence-corrected chi connectivity index (χ4v) is 3.70. The lowest BCUT2D eigenvalue weighted by Crippen LogP contribution is -2.14. The van der Waals surface area contributed by atoms with E-state index in [1.165, 1.54) is 48.5 Å². The molecule has 0 aromatic heterocycles. The molecule has 3 rings (SSSR count). The summed E-state index contributed by atoms with van der Waals surface area (Å²) in [6, 6.07) is 17.4. The second-order valence-corrected chi connectivity index (χ2v) is 7.67. The molecule has 0 fully saturated rings. The molecule has 0 saturated carbocycles. The van der Waals surface area contributed by atoms with Gasteiger partial charge in [-0.2, -0.15) is 0 Å². The molecule has 0 spiro atoms. The molecule has 1 amide bonds. The van der Waals surface area contributed by atoms with E-state index < -0.39 is 21.7 Å². The summed E-state index contributed by atoms with van der Waals surface area (Å²) < 4.78 is 40.3. The third-order valence-electron chi connectivity index (χ3n) is 3.61. The number of sulfonamides is 1. The quantitative estimate of drug-likeness (QED) is 0.655. The highest BCUT2D eigenvalue weighted by Crippen LogP contribution is 2.26. The lowest BCUT2D eigenvalue weighted by molar-refractivity contribution is 0.102. The van der Waals surface area contributed by atoms with E-state index in [2.05, 4.69) is 10.0 Å². The van der Waals surface area contributed by atoms with Crippen LogP contribution in [0.4, 0.5) is 15.8 Å². The number of benzene rings is 3. The van der Waals surface area contributed by atoms with E-state index >= 15 is 0 Å². The first-order valence-electron chi connectivity index (χ1n) is 7.79. The number of halogens is 2. The van der Waals surface area contributed by atoms with Crippen LogP contribution >= 0.6 is 11.6 Å². The van der Waals surface area contributed by atoms with Gasteiger partial charge in [0.1, 0.15) is 5.82 Å². The Morgan fingerprint density at radius 2 is 1.67 bits per heavy atom. The Morgan fingerprint density at radius 1 is 0.926 bits per heavy atom. The molecule has 27 heavy (non-hydrogen) atoms. The molecule has 0 atom stereocenters. The van der Waals surface area contributed by atoms with Crippen molar-refractivity contribution in [2.75, 3.05) is 10.0 Å². The normalized spacial score (nSPS) is 11.0. The minimum Gasteiger partial charge on any atom is -0.322 e. The number of rotatable bonds is 5. The third-order valence-corrected chi connectivity index (χ3v) is 5.31. The standard InChI is InChI=1S/C19H14ClFN2O3S/c20-17-11-13(19(24)22-15-6-4-5-14(21)12-15)9-10-18(17)23-27(25,26)16-7-2-1-3-8-16/h1-12,23H,(H,22,24). The van der Waals surface area contributed by atoms with Gasteiger partial charge in [-0.1, -0.05) is 35.9 Å². The van der Waals surface area contributed by atoms with E-state index in [1.54, 1.807) is 24.3 Å². The first kappa shape index (κ1) is 18.9. The number of hydrogen-bond donors (Lipinski definition) is 2. The van der Waals surface area contributed by atoms with Crippen molar-refractivity contribution in [3.8, 4) is 0 Å². The molecule has 3 aromatic rings. The lowest BCUT2D eigenvalue weighted by Gasteiger charge is -2.11.